The largest absolute Gasteiger partial charge is 0.363 e. The molecule has 0 bridgehead atoms. The molecule has 0 spiro atoms. The van der Waals surface area contributed by atoms with E-state index in [9.17, 15) is 4.79 Å². The summed E-state index contributed by atoms with van der Waals surface area (Å²) in [6.45, 7) is 9.31. The Morgan fingerprint density at radius 3 is 2.30 bits per heavy atom. The number of amides is 1. The predicted octanol–water partition coefficient (Wildman–Crippen LogP) is 1.94. The van der Waals surface area contributed by atoms with E-state index in [1.54, 1.807) is 0 Å². The number of hydrogen-bond donors (Lipinski definition) is 0. The molecule has 0 radical (unpaired) electrons. The summed E-state index contributed by atoms with van der Waals surface area (Å²) in [6.07, 6.45) is 1.85. The molecule has 1 amide bonds. The van der Waals surface area contributed by atoms with Gasteiger partial charge < -0.3 is 14.7 Å². The van der Waals surface area contributed by atoms with Gasteiger partial charge in [-0.1, -0.05) is 13.8 Å². The van der Waals surface area contributed by atoms with Crippen LogP contribution >= 0.6 is 0 Å². The molecule has 1 fully saturated rings. The Balaban J connectivity index is 2.03. The van der Waals surface area contributed by atoms with Crippen LogP contribution in [0.15, 0.2) is 6.07 Å². The Kier molecular flexibility index (Phi) is 5.80. The molecule has 0 aliphatic carbocycles. The van der Waals surface area contributed by atoms with Crippen LogP contribution in [0.3, 0.4) is 0 Å². The number of anilines is 2. The maximum absolute atomic E-state index is 12.5. The zero-order chi connectivity index (χ0) is 17.0. The molecule has 1 aromatic heterocycles. The van der Waals surface area contributed by atoms with Crippen molar-refractivity contribution < 1.29 is 4.79 Å². The topological polar surface area (TPSA) is 52.6 Å². The second-order valence-corrected chi connectivity index (χ2v) is 6.35. The van der Waals surface area contributed by atoms with Gasteiger partial charge in [0.1, 0.15) is 17.5 Å². The number of carbonyl (C=O) groups excluding carboxylic acids is 1. The van der Waals surface area contributed by atoms with Crippen LogP contribution in [0.4, 0.5) is 11.6 Å². The predicted molar refractivity (Wildman–Crippen MR) is 94.0 cm³/mol. The Bertz CT molecular complexity index is 534. The first-order chi connectivity index (χ1) is 11.0. The third kappa shape index (κ3) is 4.12. The maximum Gasteiger partial charge on any atom is 0.225 e. The average Bonchev–Trinajstić information content (AvgIpc) is 2.55. The van der Waals surface area contributed by atoms with Gasteiger partial charge in [0.05, 0.1) is 0 Å². The van der Waals surface area contributed by atoms with Crippen molar-refractivity contribution in [1.82, 2.24) is 14.9 Å². The summed E-state index contributed by atoms with van der Waals surface area (Å²) in [5, 5.41) is 0. The molecule has 6 nitrogen and oxygen atoms in total. The summed E-state index contributed by atoms with van der Waals surface area (Å²) in [4.78, 5) is 27.7. The zero-order valence-corrected chi connectivity index (χ0v) is 15.0. The molecule has 1 aliphatic rings. The Hall–Kier alpha value is -1.85. The normalized spacial score (nSPS) is 15.2. The SMILES string of the molecule is CCC(CC)C(=O)N1CCN(c2cc(N(C)C)nc(C)n2)CC1. The molecule has 2 heterocycles. The van der Waals surface area contributed by atoms with E-state index in [0.717, 1.165) is 56.5 Å². The van der Waals surface area contributed by atoms with Gasteiger partial charge in [0.2, 0.25) is 5.91 Å². The molecule has 1 aromatic rings. The lowest BCUT2D eigenvalue weighted by molar-refractivity contribution is -0.136. The molecule has 2 rings (SSSR count). The lowest BCUT2D eigenvalue weighted by Crippen LogP contribution is -2.50. The molecule has 0 atom stereocenters. The van der Waals surface area contributed by atoms with E-state index in [0.29, 0.717) is 5.91 Å². The molecule has 0 aromatic carbocycles. The standard InChI is InChI=1S/C17H29N5O/c1-6-14(7-2)17(23)22-10-8-21(9-11-22)16-12-15(20(4)5)18-13(3)19-16/h12,14H,6-11H2,1-5H3. The van der Waals surface area contributed by atoms with Crippen LogP contribution in [0.2, 0.25) is 0 Å². The van der Waals surface area contributed by atoms with Gasteiger partial charge in [0.15, 0.2) is 0 Å². The van der Waals surface area contributed by atoms with Gasteiger partial charge in [-0.2, -0.15) is 0 Å². The molecule has 0 N–H and O–H groups in total. The van der Waals surface area contributed by atoms with E-state index < -0.39 is 0 Å². The number of aromatic nitrogens is 2. The Labute approximate surface area is 139 Å². The van der Waals surface area contributed by atoms with Crippen molar-refractivity contribution in [2.24, 2.45) is 5.92 Å². The molecule has 0 saturated carbocycles. The summed E-state index contributed by atoms with van der Waals surface area (Å²) >= 11 is 0. The number of aryl methyl sites for hydroxylation is 1. The van der Waals surface area contributed by atoms with Gasteiger partial charge >= 0.3 is 0 Å². The number of hydrogen-bond acceptors (Lipinski definition) is 5. The lowest BCUT2D eigenvalue weighted by Gasteiger charge is -2.37. The van der Waals surface area contributed by atoms with Crippen LogP contribution in [-0.4, -0.2) is 61.0 Å². The van der Waals surface area contributed by atoms with Gasteiger partial charge in [-0.15, -0.1) is 0 Å². The third-order valence-corrected chi connectivity index (χ3v) is 4.52. The molecular formula is C17H29N5O. The third-order valence-electron chi connectivity index (χ3n) is 4.52. The molecule has 0 unspecified atom stereocenters. The first-order valence-corrected chi connectivity index (χ1v) is 8.53. The van der Waals surface area contributed by atoms with Crippen LogP contribution < -0.4 is 9.80 Å². The van der Waals surface area contributed by atoms with Crippen LogP contribution in [0.25, 0.3) is 0 Å². The van der Waals surface area contributed by atoms with Gasteiger partial charge in [0.25, 0.3) is 0 Å². The minimum atomic E-state index is 0.170. The molecular weight excluding hydrogens is 290 g/mol. The number of piperazine rings is 1. The lowest BCUT2D eigenvalue weighted by atomic mass is 10.0. The minimum absolute atomic E-state index is 0.170. The number of carbonyl (C=O) groups is 1. The zero-order valence-electron chi connectivity index (χ0n) is 15.0. The van der Waals surface area contributed by atoms with Crippen molar-refractivity contribution in [2.45, 2.75) is 33.6 Å². The summed E-state index contributed by atoms with van der Waals surface area (Å²) in [7, 11) is 3.97. The average molecular weight is 319 g/mol. The molecule has 1 saturated heterocycles. The number of rotatable bonds is 5. The van der Waals surface area contributed by atoms with Crippen LogP contribution in [-0.2, 0) is 4.79 Å². The van der Waals surface area contributed by atoms with Crippen LogP contribution in [0.1, 0.15) is 32.5 Å². The second kappa shape index (κ2) is 7.62. The fourth-order valence-corrected chi connectivity index (χ4v) is 2.98. The monoisotopic (exact) mass is 319 g/mol. The Morgan fingerprint density at radius 2 is 1.78 bits per heavy atom. The van der Waals surface area contributed by atoms with Crippen molar-refractivity contribution in [3.63, 3.8) is 0 Å². The van der Waals surface area contributed by atoms with E-state index in [1.165, 1.54) is 0 Å². The van der Waals surface area contributed by atoms with Gasteiger partial charge in [-0.25, -0.2) is 9.97 Å². The minimum Gasteiger partial charge on any atom is -0.363 e. The van der Waals surface area contributed by atoms with E-state index in [4.69, 9.17) is 0 Å². The first kappa shape index (κ1) is 17.5. The fraction of sp³-hybridized carbons (Fsp3) is 0.706. The molecule has 23 heavy (non-hydrogen) atoms. The van der Waals surface area contributed by atoms with Crippen LogP contribution in [0, 0.1) is 12.8 Å². The van der Waals surface area contributed by atoms with Gasteiger partial charge in [-0.05, 0) is 19.8 Å². The first-order valence-electron chi connectivity index (χ1n) is 8.53. The molecule has 128 valence electrons. The quantitative estimate of drug-likeness (QED) is 0.830. The second-order valence-electron chi connectivity index (χ2n) is 6.35. The highest BCUT2D eigenvalue weighted by atomic mass is 16.2. The van der Waals surface area contributed by atoms with Crippen LogP contribution in [0.5, 0.6) is 0 Å². The Morgan fingerprint density at radius 1 is 1.17 bits per heavy atom. The van der Waals surface area contributed by atoms with Crippen molar-refractivity contribution in [2.75, 3.05) is 50.1 Å². The number of nitrogens with zero attached hydrogens (tertiary/aromatic N) is 5. The summed E-state index contributed by atoms with van der Waals surface area (Å²) in [6, 6.07) is 2.02. The van der Waals surface area contributed by atoms with E-state index in [2.05, 4.69) is 28.7 Å². The van der Waals surface area contributed by atoms with Crippen molar-refractivity contribution in [3.05, 3.63) is 11.9 Å². The summed E-state index contributed by atoms with van der Waals surface area (Å²) in [5.74, 6) is 3.13. The molecule has 6 heteroatoms. The summed E-state index contributed by atoms with van der Waals surface area (Å²) < 4.78 is 0. The smallest absolute Gasteiger partial charge is 0.225 e. The van der Waals surface area contributed by atoms with Crippen molar-refractivity contribution >= 4 is 17.5 Å². The van der Waals surface area contributed by atoms with Crippen molar-refractivity contribution in [1.29, 1.82) is 0 Å². The highest BCUT2D eigenvalue weighted by molar-refractivity contribution is 5.79. The van der Waals surface area contributed by atoms with Crippen molar-refractivity contribution in [3.8, 4) is 0 Å². The van der Waals surface area contributed by atoms with E-state index in [1.807, 2.05) is 36.9 Å². The molecule has 1 aliphatic heterocycles. The van der Waals surface area contributed by atoms with E-state index in [-0.39, 0.29) is 5.92 Å². The summed E-state index contributed by atoms with van der Waals surface area (Å²) in [5.41, 5.74) is 0. The van der Waals surface area contributed by atoms with E-state index >= 15 is 0 Å². The van der Waals surface area contributed by atoms with Gasteiger partial charge in [-0.3, -0.25) is 4.79 Å². The highest BCUT2D eigenvalue weighted by Crippen LogP contribution is 2.20. The van der Waals surface area contributed by atoms with Gasteiger partial charge in [0, 0.05) is 52.3 Å². The maximum atomic E-state index is 12.5. The highest BCUT2D eigenvalue weighted by Gasteiger charge is 2.26. The fourth-order valence-electron chi connectivity index (χ4n) is 2.98.